The van der Waals surface area contributed by atoms with E-state index in [1.165, 1.54) is 5.56 Å². The van der Waals surface area contributed by atoms with Crippen LogP contribution in [0.3, 0.4) is 0 Å². The first-order valence-corrected chi connectivity index (χ1v) is 5.69. The molecule has 0 saturated carbocycles. The second-order valence-electron chi connectivity index (χ2n) is 3.47. The van der Waals surface area contributed by atoms with E-state index in [9.17, 15) is 0 Å². The zero-order chi connectivity index (χ0) is 10.4. The lowest BCUT2D eigenvalue weighted by molar-refractivity contribution is 0.559. The monoisotopic (exact) mass is 256 g/mol. The molecule has 1 atom stereocenters. The first-order chi connectivity index (χ1) is 6.72. The Morgan fingerprint density at radius 2 is 2.00 bits per heavy atom. The fourth-order valence-electron chi connectivity index (χ4n) is 1.20. The molecule has 0 fully saturated rings. The van der Waals surface area contributed by atoms with Gasteiger partial charge in [0.15, 0.2) is 0 Å². The molecule has 0 aliphatic carbocycles. The second-order valence-corrected chi connectivity index (χ2v) is 4.38. The van der Waals surface area contributed by atoms with Gasteiger partial charge in [-0.25, -0.2) is 0 Å². The Bertz CT molecular complexity index is 258. The van der Waals surface area contributed by atoms with Gasteiger partial charge in [0.1, 0.15) is 0 Å². The van der Waals surface area contributed by atoms with Gasteiger partial charge in [-0.05, 0) is 37.6 Å². The molecule has 1 rings (SSSR count). The van der Waals surface area contributed by atoms with Crippen molar-refractivity contribution in [2.24, 2.45) is 5.73 Å². The lowest BCUT2D eigenvalue weighted by atomic mass is 10.1. The van der Waals surface area contributed by atoms with E-state index in [0.717, 1.165) is 17.4 Å². The number of hydrogen-bond acceptors (Lipinski definition) is 2. The number of nitrogens with one attached hydrogen (secondary N) is 1. The predicted molar refractivity (Wildman–Crippen MR) is 64.4 cm³/mol. The van der Waals surface area contributed by atoms with E-state index >= 15 is 0 Å². The second kappa shape index (κ2) is 6.17. The van der Waals surface area contributed by atoms with Crippen LogP contribution in [-0.2, 0) is 6.42 Å². The first-order valence-electron chi connectivity index (χ1n) is 4.90. The van der Waals surface area contributed by atoms with Crippen LogP contribution in [0.25, 0.3) is 0 Å². The molecule has 14 heavy (non-hydrogen) atoms. The van der Waals surface area contributed by atoms with Crippen molar-refractivity contribution in [3.05, 3.63) is 34.3 Å². The maximum atomic E-state index is 5.50. The summed E-state index contributed by atoms with van der Waals surface area (Å²) in [5, 5.41) is 3.36. The molecule has 0 spiro atoms. The van der Waals surface area contributed by atoms with Gasteiger partial charge in [0.05, 0.1) is 0 Å². The standard InChI is InChI=1S/C11H17BrN2/c1-9(8-13)14-7-6-10-2-4-11(12)5-3-10/h2-5,9,14H,6-8,13H2,1H3/t9-/m1/s1. The molecule has 0 amide bonds. The summed E-state index contributed by atoms with van der Waals surface area (Å²) < 4.78 is 1.13. The van der Waals surface area contributed by atoms with Gasteiger partial charge in [-0.3, -0.25) is 0 Å². The summed E-state index contributed by atoms with van der Waals surface area (Å²) >= 11 is 3.42. The van der Waals surface area contributed by atoms with Crippen LogP contribution in [0.4, 0.5) is 0 Å². The van der Waals surface area contributed by atoms with E-state index in [2.05, 4.69) is 52.4 Å². The summed E-state index contributed by atoms with van der Waals surface area (Å²) in [7, 11) is 0. The summed E-state index contributed by atoms with van der Waals surface area (Å²) in [6, 6.07) is 8.83. The van der Waals surface area contributed by atoms with E-state index in [0.29, 0.717) is 12.6 Å². The van der Waals surface area contributed by atoms with E-state index in [4.69, 9.17) is 5.73 Å². The van der Waals surface area contributed by atoms with Crippen molar-refractivity contribution < 1.29 is 0 Å². The number of rotatable bonds is 5. The molecule has 0 aliphatic rings. The number of nitrogens with two attached hydrogens (primary N) is 1. The fraction of sp³-hybridized carbons (Fsp3) is 0.455. The zero-order valence-electron chi connectivity index (χ0n) is 8.46. The Labute approximate surface area is 94.0 Å². The Morgan fingerprint density at radius 1 is 1.36 bits per heavy atom. The van der Waals surface area contributed by atoms with Crippen LogP contribution in [0.2, 0.25) is 0 Å². The molecular weight excluding hydrogens is 240 g/mol. The Hall–Kier alpha value is -0.380. The third-order valence-corrected chi connectivity index (χ3v) is 2.70. The van der Waals surface area contributed by atoms with E-state index in [-0.39, 0.29) is 0 Å². The van der Waals surface area contributed by atoms with Gasteiger partial charge in [0.2, 0.25) is 0 Å². The van der Waals surface area contributed by atoms with E-state index in [1.54, 1.807) is 0 Å². The third kappa shape index (κ3) is 4.22. The molecule has 1 aromatic carbocycles. The Morgan fingerprint density at radius 3 is 2.57 bits per heavy atom. The molecule has 0 unspecified atom stereocenters. The molecule has 3 heteroatoms. The average molecular weight is 257 g/mol. The van der Waals surface area contributed by atoms with Crippen LogP contribution in [0.5, 0.6) is 0 Å². The van der Waals surface area contributed by atoms with E-state index in [1.807, 2.05) is 0 Å². The summed E-state index contributed by atoms with van der Waals surface area (Å²) in [6.45, 7) is 3.78. The molecule has 0 bridgehead atoms. The van der Waals surface area contributed by atoms with Gasteiger partial charge in [0, 0.05) is 17.1 Å². The van der Waals surface area contributed by atoms with Crippen molar-refractivity contribution in [1.82, 2.24) is 5.32 Å². The summed E-state index contributed by atoms with van der Waals surface area (Å²) in [5.74, 6) is 0. The normalized spacial score (nSPS) is 12.8. The molecular formula is C11H17BrN2. The average Bonchev–Trinajstić information content (AvgIpc) is 2.21. The maximum absolute atomic E-state index is 5.50. The molecule has 1 aromatic rings. The van der Waals surface area contributed by atoms with Gasteiger partial charge < -0.3 is 11.1 Å². The smallest absolute Gasteiger partial charge is 0.0175 e. The highest BCUT2D eigenvalue weighted by Gasteiger charge is 1.97. The fourth-order valence-corrected chi connectivity index (χ4v) is 1.46. The zero-order valence-corrected chi connectivity index (χ0v) is 10.0. The van der Waals surface area contributed by atoms with Gasteiger partial charge in [-0.2, -0.15) is 0 Å². The predicted octanol–water partition coefficient (Wildman–Crippen LogP) is 1.93. The summed E-state index contributed by atoms with van der Waals surface area (Å²) in [6.07, 6.45) is 1.05. The number of hydrogen-bond donors (Lipinski definition) is 2. The van der Waals surface area contributed by atoms with Gasteiger partial charge in [-0.1, -0.05) is 28.1 Å². The highest BCUT2D eigenvalue weighted by Crippen LogP contribution is 2.10. The van der Waals surface area contributed by atoms with Crippen molar-refractivity contribution in [2.45, 2.75) is 19.4 Å². The lowest BCUT2D eigenvalue weighted by Crippen LogP contribution is -2.34. The lowest BCUT2D eigenvalue weighted by Gasteiger charge is -2.10. The van der Waals surface area contributed by atoms with Crippen LogP contribution >= 0.6 is 15.9 Å². The highest BCUT2D eigenvalue weighted by molar-refractivity contribution is 9.10. The van der Waals surface area contributed by atoms with Crippen LogP contribution in [0, 0.1) is 0 Å². The highest BCUT2D eigenvalue weighted by atomic mass is 79.9. The Kier molecular flexibility index (Phi) is 5.15. The van der Waals surface area contributed by atoms with Crippen LogP contribution < -0.4 is 11.1 Å². The van der Waals surface area contributed by atoms with Crippen molar-refractivity contribution in [3.63, 3.8) is 0 Å². The molecule has 0 heterocycles. The SMILES string of the molecule is C[C@H](CN)NCCc1ccc(Br)cc1. The molecule has 0 saturated heterocycles. The molecule has 2 nitrogen and oxygen atoms in total. The molecule has 0 aromatic heterocycles. The van der Waals surface area contributed by atoms with Crippen molar-refractivity contribution in [3.8, 4) is 0 Å². The van der Waals surface area contributed by atoms with Gasteiger partial charge >= 0.3 is 0 Å². The van der Waals surface area contributed by atoms with Crippen LogP contribution in [0.15, 0.2) is 28.7 Å². The maximum Gasteiger partial charge on any atom is 0.0175 e. The third-order valence-electron chi connectivity index (χ3n) is 2.17. The first kappa shape index (κ1) is 11.7. The van der Waals surface area contributed by atoms with E-state index < -0.39 is 0 Å². The molecule has 0 aliphatic heterocycles. The molecule has 3 N–H and O–H groups in total. The minimum Gasteiger partial charge on any atom is -0.329 e. The van der Waals surface area contributed by atoms with Gasteiger partial charge in [-0.15, -0.1) is 0 Å². The molecule has 78 valence electrons. The topological polar surface area (TPSA) is 38.0 Å². The van der Waals surface area contributed by atoms with Crippen LogP contribution in [-0.4, -0.2) is 19.1 Å². The van der Waals surface area contributed by atoms with Crippen LogP contribution in [0.1, 0.15) is 12.5 Å². The Balaban J connectivity index is 2.28. The number of halogens is 1. The van der Waals surface area contributed by atoms with Crippen molar-refractivity contribution >= 4 is 15.9 Å². The minimum atomic E-state index is 0.408. The summed E-state index contributed by atoms with van der Waals surface area (Å²) in [4.78, 5) is 0. The minimum absolute atomic E-state index is 0.408. The largest absolute Gasteiger partial charge is 0.329 e. The summed E-state index contributed by atoms with van der Waals surface area (Å²) in [5.41, 5.74) is 6.85. The molecule has 0 radical (unpaired) electrons. The quantitative estimate of drug-likeness (QED) is 0.845. The van der Waals surface area contributed by atoms with Gasteiger partial charge in [0.25, 0.3) is 0 Å². The van der Waals surface area contributed by atoms with Crippen molar-refractivity contribution in [1.29, 1.82) is 0 Å². The number of benzene rings is 1. The van der Waals surface area contributed by atoms with Crippen molar-refractivity contribution in [2.75, 3.05) is 13.1 Å².